The molecule has 2 unspecified atom stereocenters. The zero-order chi connectivity index (χ0) is 11.4. The number of ether oxygens (including phenoxy) is 1. The Balaban J connectivity index is 1.77. The lowest BCUT2D eigenvalue weighted by Gasteiger charge is -2.32. The van der Waals surface area contributed by atoms with Crippen molar-refractivity contribution >= 4 is 17.7 Å². The number of carbonyl (C=O) groups excluding carboxylic acids is 1. The van der Waals surface area contributed by atoms with Crippen LogP contribution in [0.25, 0.3) is 0 Å². The van der Waals surface area contributed by atoms with E-state index in [0.29, 0.717) is 18.3 Å². The maximum Gasteiger partial charge on any atom is 0.224 e. The predicted molar refractivity (Wildman–Crippen MR) is 65.7 cm³/mol. The highest BCUT2D eigenvalue weighted by atomic mass is 32.2. The second-order valence-corrected chi connectivity index (χ2v) is 6.00. The summed E-state index contributed by atoms with van der Waals surface area (Å²) in [5.41, 5.74) is 0. The van der Waals surface area contributed by atoms with E-state index in [9.17, 15) is 4.79 Å². The molecule has 0 aliphatic carbocycles. The molecule has 2 rings (SSSR count). The van der Waals surface area contributed by atoms with Crippen LogP contribution in [0.2, 0.25) is 0 Å². The molecule has 2 fully saturated rings. The summed E-state index contributed by atoms with van der Waals surface area (Å²) in [6.07, 6.45) is 0.581. The van der Waals surface area contributed by atoms with Crippen molar-refractivity contribution in [2.24, 2.45) is 0 Å². The summed E-state index contributed by atoms with van der Waals surface area (Å²) in [5.74, 6) is 1.34. The highest BCUT2D eigenvalue weighted by Gasteiger charge is 2.24. The molecular formula is C11H20N2O2S. The molecule has 92 valence electrons. The third kappa shape index (κ3) is 3.37. The fraction of sp³-hybridized carbons (Fsp3) is 0.909. The number of hydrogen-bond donors (Lipinski definition) is 1. The smallest absolute Gasteiger partial charge is 0.224 e. The average Bonchev–Trinajstić information content (AvgIpc) is 2.30. The van der Waals surface area contributed by atoms with Crippen molar-refractivity contribution < 1.29 is 9.53 Å². The van der Waals surface area contributed by atoms with E-state index < -0.39 is 0 Å². The Labute approximate surface area is 101 Å². The lowest BCUT2D eigenvalue weighted by atomic mass is 10.1. The van der Waals surface area contributed by atoms with Crippen LogP contribution in [0.15, 0.2) is 0 Å². The van der Waals surface area contributed by atoms with Gasteiger partial charge in [-0.3, -0.25) is 4.79 Å². The topological polar surface area (TPSA) is 41.6 Å². The Morgan fingerprint density at radius 3 is 3.19 bits per heavy atom. The van der Waals surface area contributed by atoms with Crippen molar-refractivity contribution in [3.8, 4) is 0 Å². The first-order chi connectivity index (χ1) is 7.75. The van der Waals surface area contributed by atoms with Crippen LogP contribution in [0.1, 0.15) is 13.3 Å². The van der Waals surface area contributed by atoms with E-state index in [4.69, 9.17) is 4.74 Å². The van der Waals surface area contributed by atoms with Gasteiger partial charge in [-0.05, 0) is 0 Å². The molecule has 0 bridgehead atoms. The largest absolute Gasteiger partial charge is 0.378 e. The van der Waals surface area contributed by atoms with Crippen LogP contribution in [0.5, 0.6) is 0 Å². The average molecular weight is 244 g/mol. The molecule has 0 spiro atoms. The van der Waals surface area contributed by atoms with Gasteiger partial charge in [0.25, 0.3) is 0 Å². The van der Waals surface area contributed by atoms with Crippen molar-refractivity contribution in [2.45, 2.75) is 24.6 Å². The van der Waals surface area contributed by atoms with Gasteiger partial charge in [0.1, 0.15) is 0 Å². The highest BCUT2D eigenvalue weighted by molar-refractivity contribution is 7.99. The van der Waals surface area contributed by atoms with Crippen molar-refractivity contribution in [3.05, 3.63) is 0 Å². The summed E-state index contributed by atoms with van der Waals surface area (Å²) in [5, 5.41) is 3.90. The van der Waals surface area contributed by atoms with Crippen LogP contribution in [0.4, 0.5) is 0 Å². The predicted octanol–water partition coefficient (Wildman–Crippen LogP) is 0.329. The van der Waals surface area contributed by atoms with Gasteiger partial charge in [0, 0.05) is 43.1 Å². The van der Waals surface area contributed by atoms with Gasteiger partial charge in [0.2, 0.25) is 5.91 Å². The molecule has 0 radical (unpaired) electrons. The SMILES string of the molecule is CC1CN(C(=O)CC2COCCN2)CCS1. The molecule has 0 saturated carbocycles. The Bertz CT molecular complexity index is 244. The second-order valence-electron chi connectivity index (χ2n) is 4.45. The number of morpholine rings is 1. The summed E-state index contributed by atoms with van der Waals surface area (Å²) in [6.45, 7) is 6.29. The molecule has 0 aromatic heterocycles. The number of amides is 1. The van der Waals surface area contributed by atoms with E-state index in [2.05, 4.69) is 12.2 Å². The Morgan fingerprint density at radius 2 is 2.50 bits per heavy atom. The van der Waals surface area contributed by atoms with Gasteiger partial charge in [-0.25, -0.2) is 0 Å². The minimum atomic E-state index is 0.214. The highest BCUT2D eigenvalue weighted by Crippen LogP contribution is 2.18. The standard InChI is InChI=1S/C11H20N2O2S/c1-9-7-13(3-5-16-9)11(14)6-10-8-15-4-2-12-10/h9-10,12H,2-8H2,1H3. The molecule has 2 aliphatic heterocycles. The molecule has 0 aromatic rings. The summed E-state index contributed by atoms with van der Waals surface area (Å²) in [4.78, 5) is 14.0. The monoisotopic (exact) mass is 244 g/mol. The second kappa shape index (κ2) is 5.89. The summed E-state index contributed by atoms with van der Waals surface area (Å²) in [7, 11) is 0. The first kappa shape index (κ1) is 12.2. The number of nitrogens with one attached hydrogen (secondary N) is 1. The van der Waals surface area contributed by atoms with Crippen LogP contribution < -0.4 is 5.32 Å². The van der Waals surface area contributed by atoms with Crippen LogP contribution in [-0.4, -0.2) is 60.7 Å². The van der Waals surface area contributed by atoms with Gasteiger partial charge in [0.15, 0.2) is 0 Å². The number of carbonyl (C=O) groups is 1. The molecular weight excluding hydrogens is 224 g/mol. The number of thioether (sulfide) groups is 1. The first-order valence-corrected chi connectivity index (χ1v) is 7.01. The van der Waals surface area contributed by atoms with Gasteiger partial charge >= 0.3 is 0 Å². The fourth-order valence-corrected chi connectivity index (χ4v) is 3.15. The number of rotatable bonds is 2. The summed E-state index contributed by atoms with van der Waals surface area (Å²) in [6, 6.07) is 0.214. The molecule has 4 nitrogen and oxygen atoms in total. The number of hydrogen-bond acceptors (Lipinski definition) is 4. The van der Waals surface area contributed by atoms with Crippen molar-refractivity contribution in [3.63, 3.8) is 0 Å². The third-order valence-electron chi connectivity index (χ3n) is 3.01. The minimum absolute atomic E-state index is 0.214. The number of nitrogens with zero attached hydrogens (tertiary/aromatic N) is 1. The van der Waals surface area contributed by atoms with Gasteiger partial charge in [-0.2, -0.15) is 11.8 Å². The zero-order valence-corrected chi connectivity index (χ0v) is 10.6. The summed E-state index contributed by atoms with van der Waals surface area (Å²) >= 11 is 1.95. The molecule has 2 heterocycles. The molecule has 1 N–H and O–H groups in total. The fourth-order valence-electron chi connectivity index (χ4n) is 2.14. The molecule has 2 atom stereocenters. The maximum atomic E-state index is 12.0. The molecule has 1 amide bonds. The Morgan fingerprint density at radius 1 is 1.62 bits per heavy atom. The third-order valence-corrected chi connectivity index (χ3v) is 4.15. The van der Waals surface area contributed by atoms with Crippen molar-refractivity contribution in [1.29, 1.82) is 0 Å². The molecule has 16 heavy (non-hydrogen) atoms. The van der Waals surface area contributed by atoms with Crippen LogP contribution in [0.3, 0.4) is 0 Å². The lowest BCUT2D eigenvalue weighted by Crippen LogP contribution is -2.47. The zero-order valence-electron chi connectivity index (χ0n) is 9.78. The van der Waals surface area contributed by atoms with Crippen molar-refractivity contribution in [1.82, 2.24) is 10.2 Å². The maximum absolute atomic E-state index is 12.0. The first-order valence-electron chi connectivity index (χ1n) is 5.96. The van der Waals surface area contributed by atoms with Crippen LogP contribution >= 0.6 is 11.8 Å². The van der Waals surface area contributed by atoms with Gasteiger partial charge < -0.3 is 15.0 Å². The quantitative estimate of drug-likeness (QED) is 0.760. The van der Waals surface area contributed by atoms with Crippen LogP contribution in [0, 0.1) is 0 Å². The van der Waals surface area contributed by atoms with Gasteiger partial charge in [0.05, 0.1) is 13.2 Å². The van der Waals surface area contributed by atoms with Gasteiger partial charge in [-0.15, -0.1) is 0 Å². The Hall–Kier alpha value is -0.260. The van der Waals surface area contributed by atoms with Crippen molar-refractivity contribution in [2.75, 3.05) is 38.6 Å². The molecule has 2 saturated heterocycles. The van der Waals surface area contributed by atoms with E-state index in [1.54, 1.807) is 0 Å². The molecule has 0 aromatic carbocycles. The van der Waals surface area contributed by atoms with E-state index >= 15 is 0 Å². The van der Waals surface area contributed by atoms with E-state index in [1.165, 1.54) is 0 Å². The van der Waals surface area contributed by atoms with Gasteiger partial charge in [-0.1, -0.05) is 6.92 Å². The minimum Gasteiger partial charge on any atom is -0.378 e. The Kier molecular flexibility index (Phi) is 4.49. The lowest BCUT2D eigenvalue weighted by molar-refractivity contribution is -0.132. The summed E-state index contributed by atoms with van der Waals surface area (Å²) < 4.78 is 5.35. The van der Waals surface area contributed by atoms with Crippen LogP contribution in [-0.2, 0) is 9.53 Å². The normalized spacial score (nSPS) is 31.4. The molecule has 5 heteroatoms. The van der Waals surface area contributed by atoms with E-state index in [-0.39, 0.29) is 11.9 Å². The van der Waals surface area contributed by atoms with E-state index in [0.717, 1.165) is 32.0 Å². The van der Waals surface area contributed by atoms with E-state index in [1.807, 2.05) is 16.7 Å². The molecule has 2 aliphatic rings.